The highest BCUT2D eigenvalue weighted by Gasteiger charge is 2.25. The zero-order valence-electron chi connectivity index (χ0n) is 26.8. The van der Waals surface area contributed by atoms with Crippen LogP contribution in [0.5, 0.6) is 0 Å². The Labute approximate surface area is 284 Å². The van der Waals surface area contributed by atoms with E-state index in [1.165, 1.54) is 0 Å². The van der Waals surface area contributed by atoms with Gasteiger partial charge >= 0.3 is 23.9 Å². The van der Waals surface area contributed by atoms with Crippen LogP contribution in [0.25, 0.3) is 0 Å². The van der Waals surface area contributed by atoms with Crippen LogP contribution in [-0.2, 0) is 75.0 Å². The van der Waals surface area contributed by atoms with Crippen LogP contribution in [0.1, 0.15) is 29.2 Å². The third kappa shape index (κ3) is 12.3. The standard InChI is InChI=1S/C31H36N6O13/c38-24-15-48-29(43)11-34-26(40)17-50-31(45)22(36-27(41)18-49-30(44)12-33-25(39)16-47-28(42)10-32-24)9-19-1-3-20(4-2-19)13-37-23(5-7-35-37)21-6-8-46-14-21/h1-5,7,21-22H,6,8-18H2,(H,32,38)(H,33,39)(H,34,40)(H,36,41). The molecule has 2 aromatic rings. The predicted molar refractivity (Wildman–Crippen MR) is 164 cm³/mol. The fourth-order valence-corrected chi connectivity index (χ4v) is 4.70. The first kappa shape index (κ1) is 37.0. The Morgan fingerprint density at radius 1 is 0.660 bits per heavy atom. The van der Waals surface area contributed by atoms with Crippen LogP contribution in [0, 0.1) is 0 Å². The molecule has 4 rings (SSSR count). The molecule has 19 heteroatoms. The molecule has 0 aliphatic carbocycles. The summed E-state index contributed by atoms with van der Waals surface area (Å²) in [5.41, 5.74) is 2.61. The van der Waals surface area contributed by atoms with Gasteiger partial charge in [-0.2, -0.15) is 5.10 Å². The number of cyclic esters (lactones) is 4. The van der Waals surface area contributed by atoms with E-state index < -0.39 is 99.6 Å². The van der Waals surface area contributed by atoms with Gasteiger partial charge in [0.25, 0.3) is 23.6 Å². The normalized spacial score (nSPS) is 21.3. The van der Waals surface area contributed by atoms with Crippen molar-refractivity contribution < 1.29 is 62.0 Å². The van der Waals surface area contributed by atoms with E-state index in [0.29, 0.717) is 25.3 Å². The van der Waals surface area contributed by atoms with Gasteiger partial charge in [0.1, 0.15) is 25.7 Å². The maximum atomic E-state index is 13.0. The highest BCUT2D eigenvalue weighted by atomic mass is 16.6. The van der Waals surface area contributed by atoms with Gasteiger partial charge in [-0.1, -0.05) is 24.3 Å². The Hall–Kier alpha value is -5.85. The third-order valence-corrected chi connectivity index (χ3v) is 7.24. The lowest BCUT2D eigenvalue weighted by atomic mass is 10.0. The molecule has 4 N–H and O–H groups in total. The van der Waals surface area contributed by atoms with Gasteiger partial charge in [-0.05, 0) is 23.6 Å². The Kier molecular flexibility index (Phi) is 13.8. The van der Waals surface area contributed by atoms with Crippen LogP contribution < -0.4 is 21.3 Å². The van der Waals surface area contributed by atoms with Gasteiger partial charge in [0.2, 0.25) is 0 Å². The zero-order chi connectivity index (χ0) is 35.9. The van der Waals surface area contributed by atoms with E-state index >= 15 is 0 Å². The molecule has 2 aliphatic rings. The van der Waals surface area contributed by atoms with E-state index in [0.717, 1.165) is 17.7 Å². The summed E-state index contributed by atoms with van der Waals surface area (Å²) in [6.45, 7) is -3.40. The summed E-state index contributed by atoms with van der Waals surface area (Å²) in [4.78, 5) is 97.3. The van der Waals surface area contributed by atoms with Crippen LogP contribution in [0.4, 0.5) is 0 Å². The number of nitrogens with zero attached hydrogens (tertiary/aromatic N) is 2. The summed E-state index contributed by atoms with van der Waals surface area (Å²) in [5.74, 6) is -7.28. The van der Waals surface area contributed by atoms with Crippen molar-refractivity contribution in [1.82, 2.24) is 31.0 Å². The maximum absolute atomic E-state index is 13.0. The number of aromatic nitrogens is 2. The van der Waals surface area contributed by atoms with E-state index in [1.54, 1.807) is 18.3 Å². The minimum absolute atomic E-state index is 0.0734. The molecule has 4 amide bonds. The number of hydrogen-bond donors (Lipinski definition) is 4. The Bertz CT molecular complexity index is 1570. The summed E-state index contributed by atoms with van der Waals surface area (Å²) >= 11 is 0. The van der Waals surface area contributed by atoms with Crippen molar-refractivity contribution in [1.29, 1.82) is 0 Å². The molecule has 2 unspecified atom stereocenters. The summed E-state index contributed by atoms with van der Waals surface area (Å²) < 4.78 is 26.7. The second-order valence-corrected chi connectivity index (χ2v) is 11.0. The van der Waals surface area contributed by atoms with Crippen molar-refractivity contribution in [3.63, 3.8) is 0 Å². The second kappa shape index (κ2) is 18.6. The SMILES string of the molecule is O=C1COC(=O)CNC(=O)COC(=O)C(Cc2ccc(Cn3nccc3C3CCOC3)cc2)NC(=O)COC(=O)CNC(=O)COC(=O)CN1. The second-order valence-electron chi connectivity index (χ2n) is 11.0. The fraction of sp³-hybridized carbons (Fsp3) is 0.452. The molecule has 0 radical (unpaired) electrons. The Morgan fingerprint density at radius 2 is 1.18 bits per heavy atom. The lowest BCUT2D eigenvalue weighted by molar-refractivity contribution is -0.154. The molecule has 2 aliphatic heterocycles. The van der Waals surface area contributed by atoms with Crippen molar-refractivity contribution >= 4 is 47.5 Å². The minimum atomic E-state index is -1.33. The van der Waals surface area contributed by atoms with E-state index in [1.807, 2.05) is 22.9 Å². The predicted octanol–water partition coefficient (Wildman–Crippen LogP) is -3.00. The number of carbonyl (C=O) groups excluding carboxylic acids is 8. The van der Waals surface area contributed by atoms with Gasteiger partial charge in [-0.25, -0.2) is 4.79 Å². The van der Waals surface area contributed by atoms with Gasteiger partial charge in [0, 0.05) is 30.8 Å². The number of amides is 4. The van der Waals surface area contributed by atoms with Gasteiger partial charge < -0.3 is 45.0 Å². The average Bonchev–Trinajstić information content (AvgIpc) is 3.81. The number of ether oxygens (including phenoxy) is 5. The highest BCUT2D eigenvalue weighted by molar-refractivity contribution is 5.90. The van der Waals surface area contributed by atoms with E-state index in [2.05, 4.69) is 31.1 Å². The monoisotopic (exact) mass is 700 g/mol. The highest BCUT2D eigenvalue weighted by Crippen LogP contribution is 2.25. The van der Waals surface area contributed by atoms with Crippen LogP contribution in [0.2, 0.25) is 0 Å². The number of nitrogens with one attached hydrogen (secondary N) is 4. The average molecular weight is 701 g/mol. The topological polar surface area (TPSA) is 249 Å². The molecule has 50 heavy (non-hydrogen) atoms. The summed E-state index contributed by atoms with van der Waals surface area (Å²) in [6.07, 6.45) is 2.58. The number of rotatable bonds is 5. The van der Waals surface area contributed by atoms with Crippen LogP contribution >= 0.6 is 0 Å². The zero-order valence-corrected chi connectivity index (χ0v) is 26.8. The quantitative estimate of drug-likeness (QED) is 0.179. The van der Waals surface area contributed by atoms with E-state index in [-0.39, 0.29) is 12.3 Å². The Morgan fingerprint density at radius 3 is 1.72 bits per heavy atom. The molecule has 268 valence electrons. The molecule has 0 saturated carbocycles. The third-order valence-electron chi connectivity index (χ3n) is 7.24. The van der Waals surface area contributed by atoms with Crippen molar-refractivity contribution in [2.75, 3.05) is 59.3 Å². The number of benzene rings is 1. The largest absolute Gasteiger partial charge is 0.454 e. The fourth-order valence-electron chi connectivity index (χ4n) is 4.70. The number of carbonyl (C=O) groups is 8. The van der Waals surface area contributed by atoms with Gasteiger partial charge in [-0.15, -0.1) is 0 Å². The van der Waals surface area contributed by atoms with Crippen LogP contribution in [0.15, 0.2) is 36.5 Å². The first-order valence-electron chi connectivity index (χ1n) is 15.5. The minimum Gasteiger partial charge on any atom is -0.454 e. The van der Waals surface area contributed by atoms with Crippen molar-refractivity contribution in [3.05, 3.63) is 53.3 Å². The van der Waals surface area contributed by atoms with Crippen LogP contribution in [0.3, 0.4) is 0 Å². The Balaban J connectivity index is 1.39. The molecule has 2 fully saturated rings. The molecular weight excluding hydrogens is 664 g/mol. The lowest BCUT2D eigenvalue weighted by Crippen LogP contribution is -2.46. The molecule has 2 atom stereocenters. The smallest absolute Gasteiger partial charge is 0.329 e. The van der Waals surface area contributed by atoms with Gasteiger partial charge in [0.05, 0.1) is 13.2 Å². The summed E-state index contributed by atoms with van der Waals surface area (Å²) in [6, 6.07) is 7.82. The molecule has 3 heterocycles. The molecule has 1 aromatic carbocycles. The van der Waals surface area contributed by atoms with Crippen molar-refractivity contribution in [2.45, 2.75) is 31.3 Å². The molecule has 1 aromatic heterocycles. The lowest BCUT2D eigenvalue weighted by Gasteiger charge is -2.18. The van der Waals surface area contributed by atoms with E-state index in [4.69, 9.17) is 18.9 Å². The van der Waals surface area contributed by atoms with Crippen molar-refractivity contribution in [2.24, 2.45) is 0 Å². The molecule has 0 spiro atoms. The molecular formula is C31H36N6O13. The summed E-state index contributed by atoms with van der Waals surface area (Å²) in [5, 5.41) is 13.2. The molecule has 0 bridgehead atoms. The maximum Gasteiger partial charge on any atom is 0.329 e. The van der Waals surface area contributed by atoms with E-state index in [9.17, 15) is 38.4 Å². The molecule has 19 nitrogen and oxygen atoms in total. The molecule has 2 saturated heterocycles. The van der Waals surface area contributed by atoms with Gasteiger partial charge in [-0.3, -0.25) is 38.2 Å². The van der Waals surface area contributed by atoms with Gasteiger partial charge in [0.15, 0.2) is 26.4 Å². The first-order valence-corrected chi connectivity index (χ1v) is 15.5. The van der Waals surface area contributed by atoms with Crippen molar-refractivity contribution in [3.8, 4) is 0 Å². The number of esters is 4. The van der Waals surface area contributed by atoms with Crippen LogP contribution in [-0.4, -0.2) is 123 Å². The first-order chi connectivity index (χ1) is 24.0. The summed E-state index contributed by atoms with van der Waals surface area (Å²) in [7, 11) is 0. The number of hydrogen-bond acceptors (Lipinski definition) is 14.